The smallest absolute Gasteiger partial charge is 0.321 e. The highest BCUT2D eigenvalue weighted by Gasteiger charge is 2.16. The van der Waals surface area contributed by atoms with Crippen LogP contribution in [-0.2, 0) is 9.53 Å². The van der Waals surface area contributed by atoms with Crippen LogP contribution in [-0.4, -0.2) is 30.4 Å². The number of alkyl halides is 1. The molecule has 18 heavy (non-hydrogen) atoms. The van der Waals surface area contributed by atoms with Gasteiger partial charge in [-0.05, 0) is 30.7 Å². The van der Waals surface area contributed by atoms with Crippen LogP contribution in [0.2, 0.25) is 5.02 Å². The topological polar surface area (TPSA) is 55.4 Å². The largest absolute Gasteiger partial charge is 0.468 e. The highest BCUT2D eigenvalue weighted by atomic mass is 79.9. The summed E-state index contributed by atoms with van der Waals surface area (Å²) in [5.74, 6) is -0.716. The van der Waals surface area contributed by atoms with Gasteiger partial charge in [0.25, 0.3) is 5.91 Å². The minimum absolute atomic E-state index is 0.150. The zero-order valence-electron chi connectivity index (χ0n) is 10.00. The van der Waals surface area contributed by atoms with Crippen molar-refractivity contribution >= 4 is 39.4 Å². The van der Waals surface area contributed by atoms with E-state index in [-0.39, 0.29) is 12.5 Å². The van der Waals surface area contributed by atoms with E-state index >= 15 is 0 Å². The van der Waals surface area contributed by atoms with Crippen LogP contribution in [0.3, 0.4) is 0 Å². The Hall–Kier alpha value is -1.07. The first kappa shape index (κ1) is 15.0. The van der Waals surface area contributed by atoms with Crippen molar-refractivity contribution in [3.05, 3.63) is 34.3 Å². The van der Waals surface area contributed by atoms with E-state index in [0.717, 1.165) is 5.56 Å². The molecule has 1 aromatic rings. The first-order valence-corrected chi connectivity index (χ1v) is 6.50. The van der Waals surface area contributed by atoms with Gasteiger partial charge in [0.1, 0.15) is 4.83 Å². The third-order valence-electron chi connectivity index (χ3n) is 2.20. The predicted octanol–water partition coefficient (Wildman–Crippen LogP) is 2.31. The summed E-state index contributed by atoms with van der Waals surface area (Å²) in [6.07, 6.45) is 0. The van der Waals surface area contributed by atoms with Crippen LogP contribution in [0.15, 0.2) is 18.2 Å². The van der Waals surface area contributed by atoms with Crippen LogP contribution >= 0.6 is 27.5 Å². The zero-order chi connectivity index (χ0) is 13.7. The Morgan fingerprint density at radius 3 is 2.67 bits per heavy atom. The number of carbonyl (C=O) groups is 2. The van der Waals surface area contributed by atoms with Crippen molar-refractivity contribution in [3.8, 4) is 0 Å². The number of nitrogens with one attached hydrogen (secondary N) is 1. The second-order valence-electron chi connectivity index (χ2n) is 3.72. The number of hydrogen-bond donors (Lipinski definition) is 1. The molecule has 0 radical (unpaired) electrons. The second-order valence-corrected chi connectivity index (χ2v) is 5.26. The lowest BCUT2D eigenvalue weighted by Crippen LogP contribution is -2.33. The van der Waals surface area contributed by atoms with Crippen LogP contribution in [0.4, 0.5) is 0 Å². The Balaban J connectivity index is 2.63. The van der Waals surface area contributed by atoms with Crippen LogP contribution in [0.25, 0.3) is 0 Å². The number of hydrogen-bond acceptors (Lipinski definition) is 3. The van der Waals surface area contributed by atoms with Crippen molar-refractivity contribution in [2.24, 2.45) is 0 Å². The fourth-order valence-electron chi connectivity index (χ4n) is 1.36. The van der Waals surface area contributed by atoms with E-state index in [4.69, 9.17) is 11.6 Å². The highest BCUT2D eigenvalue weighted by Crippen LogP contribution is 2.14. The Labute approximate surface area is 119 Å². The number of halogens is 2. The molecule has 0 aliphatic rings. The summed E-state index contributed by atoms with van der Waals surface area (Å²) in [4.78, 5) is 22.4. The van der Waals surface area contributed by atoms with E-state index in [1.165, 1.54) is 7.11 Å². The van der Waals surface area contributed by atoms with Gasteiger partial charge >= 0.3 is 5.97 Å². The molecule has 4 nitrogen and oxygen atoms in total. The number of carbonyl (C=O) groups excluding carboxylic acids is 2. The van der Waals surface area contributed by atoms with Crippen molar-refractivity contribution in [2.75, 3.05) is 13.7 Å². The maximum absolute atomic E-state index is 11.8. The van der Waals surface area contributed by atoms with Crippen molar-refractivity contribution in [2.45, 2.75) is 11.8 Å². The number of amides is 1. The molecule has 0 bridgehead atoms. The number of aryl methyl sites for hydroxylation is 1. The summed E-state index contributed by atoms with van der Waals surface area (Å²) in [5.41, 5.74) is 1.36. The lowest BCUT2D eigenvalue weighted by Gasteiger charge is -2.09. The van der Waals surface area contributed by atoms with E-state index in [2.05, 4.69) is 26.0 Å². The van der Waals surface area contributed by atoms with Gasteiger partial charge < -0.3 is 10.1 Å². The molecule has 0 fully saturated rings. The average molecular weight is 335 g/mol. The van der Waals surface area contributed by atoms with Crippen molar-refractivity contribution in [1.82, 2.24) is 5.32 Å². The monoisotopic (exact) mass is 333 g/mol. The molecule has 1 N–H and O–H groups in total. The quantitative estimate of drug-likeness (QED) is 0.679. The van der Waals surface area contributed by atoms with Gasteiger partial charge in [0.05, 0.1) is 7.11 Å². The summed E-state index contributed by atoms with van der Waals surface area (Å²) in [6, 6.07) is 5.06. The van der Waals surface area contributed by atoms with Gasteiger partial charge in [0, 0.05) is 17.1 Å². The van der Waals surface area contributed by atoms with Gasteiger partial charge in [0.15, 0.2) is 0 Å². The lowest BCUT2D eigenvalue weighted by molar-refractivity contribution is -0.139. The Bertz CT molecular complexity index is 444. The van der Waals surface area contributed by atoms with Crippen molar-refractivity contribution < 1.29 is 14.3 Å². The molecular weight excluding hydrogens is 321 g/mol. The van der Waals surface area contributed by atoms with Crippen LogP contribution < -0.4 is 5.32 Å². The Kier molecular flexibility index (Phi) is 5.62. The molecule has 0 aliphatic heterocycles. The molecule has 0 saturated carbocycles. The molecule has 0 spiro atoms. The van der Waals surface area contributed by atoms with Gasteiger partial charge in [-0.2, -0.15) is 0 Å². The molecule has 1 amide bonds. The number of benzene rings is 1. The van der Waals surface area contributed by atoms with E-state index < -0.39 is 10.8 Å². The third-order valence-corrected chi connectivity index (χ3v) is 3.12. The molecular formula is C12H13BrClNO3. The molecule has 1 aromatic carbocycles. The molecule has 98 valence electrons. The van der Waals surface area contributed by atoms with Gasteiger partial charge in [-0.3, -0.25) is 9.59 Å². The summed E-state index contributed by atoms with van der Waals surface area (Å²) in [6.45, 7) is 2.00. The highest BCUT2D eigenvalue weighted by molar-refractivity contribution is 9.10. The maximum Gasteiger partial charge on any atom is 0.321 e. The lowest BCUT2D eigenvalue weighted by atomic mass is 10.1. The Morgan fingerprint density at radius 1 is 1.44 bits per heavy atom. The normalized spacial score (nSPS) is 11.8. The van der Waals surface area contributed by atoms with E-state index in [1.807, 2.05) is 6.92 Å². The first-order chi connectivity index (χ1) is 8.43. The van der Waals surface area contributed by atoms with Gasteiger partial charge in [-0.1, -0.05) is 27.5 Å². The molecule has 1 rings (SSSR count). The maximum atomic E-state index is 11.8. The van der Waals surface area contributed by atoms with Crippen molar-refractivity contribution in [3.63, 3.8) is 0 Å². The zero-order valence-corrected chi connectivity index (χ0v) is 12.3. The third kappa shape index (κ3) is 4.31. The van der Waals surface area contributed by atoms with Gasteiger partial charge in [-0.15, -0.1) is 0 Å². The minimum atomic E-state index is -0.563. The summed E-state index contributed by atoms with van der Waals surface area (Å²) < 4.78 is 4.53. The number of ether oxygens (including phenoxy) is 1. The summed E-state index contributed by atoms with van der Waals surface area (Å²) in [7, 11) is 1.29. The standard InChI is InChI=1S/C12H13BrClNO3/c1-7-3-8(5-9(14)4-7)11(16)15-6-10(13)12(17)18-2/h3-5,10H,6H2,1-2H3,(H,15,16). The van der Waals surface area contributed by atoms with Crippen LogP contribution in [0.1, 0.15) is 15.9 Å². The van der Waals surface area contributed by atoms with E-state index in [9.17, 15) is 9.59 Å². The predicted molar refractivity (Wildman–Crippen MR) is 73.3 cm³/mol. The number of rotatable bonds is 4. The van der Waals surface area contributed by atoms with Gasteiger partial charge in [0.2, 0.25) is 0 Å². The van der Waals surface area contributed by atoms with Crippen LogP contribution in [0, 0.1) is 6.92 Å². The fourth-order valence-corrected chi connectivity index (χ4v) is 2.00. The molecule has 0 saturated heterocycles. The Morgan fingerprint density at radius 2 is 2.11 bits per heavy atom. The van der Waals surface area contributed by atoms with Crippen LogP contribution in [0.5, 0.6) is 0 Å². The molecule has 0 heterocycles. The number of esters is 1. The first-order valence-electron chi connectivity index (χ1n) is 5.21. The molecule has 6 heteroatoms. The molecule has 1 unspecified atom stereocenters. The summed E-state index contributed by atoms with van der Waals surface area (Å²) >= 11 is 8.98. The minimum Gasteiger partial charge on any atom is -0.468 e. The van der Waals surface area contributed by atoms with Gasteiger partial charge in [-0.25, -0.2) is 0 Å². The average Bonchev–Trinajstić information content (AvgIpc) is 2.33. The molecule has 0 aliphatic carbocycles. The second kappa shape index (κ2) is 6.75. The fraction of sp³-hybridized carbons (Fsp3) is 0.333. The van der Waals surface area contributed by atoms with E-state index in [1.54, 1.807) is 18.2 Å². The van der Waals surface area contributed by atoms with Crippen molar-refractivity contribution in [1.29, 1.82) is 0 Å². The van der Waals surface area contributed by atoms with E-state index in [0.29, 0.717) is 10.6 Å². The number of methoxy groups -OCH3 is 1. The SMILES string of the molecule is COC(=O)C(Br)CNC(=O)c1cc(C)cc(Cl)c1. The summed E-state index contributed by atoms with van der Waals surface area (Å²) in [5, 5.41) is 3.13. The molecule has 1 atom stereocenters. The molecule has 0 aromatic heterocycles.